The number of nitro groups is 2. The minimum absolute atomic E-state index is 0.221. The normalized spacial score (nSPS) is 29.8. The molecule has 90 valence electrons. The van der Waals surface area contributed by atoms with Gasteiger partial charge in [-0.15, -0.1) is 0 Å². The van der Waals surface area contributed by atoms with E-state index in [0.717, 1.165) is 0 Å². The highest BCUT2D eigenvalue weighted by molar-refractivity contribution is 5.81. The van der Waals surface area contributed by atoms with Crippen molar-refractivity contribution in [3.8, 4) is 0 Å². The minimum Gasteiger partial charge on any atom is -0.418 e. The number of nitrogens with zero attached hydrogens (tertiary/aromatic N) is 3. The average Bonchev–Trinajstić information content (AvgIpc) is 2.16. The quantitative estimate of drug-likeness (QED) is 0.310. The third-order valence-electron chi connectivity index (χ3n) is 2.92. The lowest BCUT2D eigenvalue weighted by atomic mass is 9.81. The lowest BCUT2D eigenvalue weighted by molar-refractivity contribution is -0.729. The number of hydrogen-bond donors (Lipinski definition) is 1. The molecule has 0 amide bonds. The van der Waals surface area contributed by atoms with E-state index in [9.17, 15) is 25.4 Å². The molecule has 2 atom stereocenters. The van der Waals surface area contributed by atoms with Crippen molar-refractivity contribution < 1.29 is 20.0 Å². The first-order valence-corrected chi connectivity index (χ1v) is 4.62. The van der Waals surface area contributed by atoms with Crippen LogP contribution in [0, 0.1) is 31.4 Å². The molecule has 16 heavy (non-hydrogen) atoms. The lowest BCUT2D eigenvalue weighted by Gasteiger charge is -2.23. The van der Waals surface area contributed by atoms with Crippen molar-refractivity contribution in [1.29, 1.82) is 0 Å². The van der Waals surface area contributed by atoms with Gasteiger partial charge in [0, 0.05) is 14.7 Å². The van der Waals surface area contributed by atoms with Crippen LogP contribution in [0.15, 0.2) is 0 Å². The predicted octanol–water partition coefficient (Wildman–Crippen LogP) is 0.0474. The second kappa shape index (κ2) is 4.29. The fraction of sp³-hybridized carbons (Fsp3) is 0.857. The summed E-state index contributed by atoms with van der Waals surface area (Å²) in [4.78, 5) is 19.5. The molecule has 2 unspecified atom stereocenters. The molecule has 0 aromatic rings. The Kier molecular flexibility index (Phi) is 3.25. The average molecular weight is 233 g/mol. The molecule has 0 saturated heterocycles. The summed E-state index contributed by atoms with van der Waals surface area (Å²) < 4.78 is 0. The van der Waals surface area contributed by atoms with Crippen molar-refractivity contribution in [3.05, 3.63) is 25.4 Å². The molecule has 0 aromatic carbocycles. The Labute approximate surface area is 89.8 Å². The van der Waals surface area contributed by atoms with Crippen LogP contribution in [-0.2, 0) is 0 Å². The zero-order chi connectivity index (χ0) is 12.5. The van der Waals surface area contributed by atoms with Crippen LogP contribution in [0.25, 0.3) is 0 Å². The molecule has 9 heteroatoms. The molecule has 0 aliphatic heterocycles. The van der Waals surface area contributed by atoms with Crippen LogP contribution in [0.2, 0.25) is 0 Å². The van der Waals surface area contributed by atoms with E-state index in [1.165, 1.54) is 6.92 Å². The zero-order valence-electron chi connectivity index (χ0n) is 8.48. The molecule has 1 N–H and O–H groups in total. The maximum atomic E-state index is 10.7. The van der Waals surface area contributed by atoms with E-state index >= 15 is 0 Å². The molecule has 1 rings (SSSR count). The SMILES string of the molecule is CC1C([N+](=O)[O-])CC(=[N+]([O-])O)CC1[N+](=O)[O-]. The number of rotatable bonds is 2. The van der Waals surface area contributed by atoms with E-state index in [2.05, 4.69) is 0 Å². The van der Waals surface area contributed by atoms with E-state index < -0.39 is 32.8 Å². The molecular formula is C7H11N3O6. The van der Waals surface area contributed by atoms with Crippen LogP contribution in [0.1, 0.15) is 19.8 Å². The van der Waals surface area contributed by atoms with Crippen LogP contribution in [0.4, 0.5) is 0 Å². The Bertz CT molecular complexity index is 324. The van der Waals surface area contributed by atoms with Crippen LogP contribution in [-0.4, -0.2) is 37.8 Å². The predicted molar refractivity (Wildman–Crippen MR) is 50.4 cm³/mol. The van der Waals surface area contributed by atoms with Crippen molar-refractivity contribution in [2.75, 3.05) is 0 Å². The van der Waals surface area contributed by atoms with E-state index in [1.807, 2.05) is 0 Å². The fourth-order valence-corrected chi connectivity index (χ4v) is 1.88. The lowest BCUT2D eigenvalue weighted by Crippen LogP contribution is -2.47. The van der Waals surface area contributed by atoms with Crippen molar-refractivity contribution in [2.24, 2.45) is 5.92 Å². The summed E-state index contributed by atoms with van der Waals surface area (Å²) in [6, 6.07) is -2.41. The van der Waals surface area contributed by atoms with Gasteiger partial charge in [0.1, 0.15) is 12.8 Å². The summed E-state index contributed by atoms with van der Waals surface area (Å²) in [5, 5.41) is 40.6. The Morgan fingerprint density at radius 2 is 1.50 bits per heavy atom. The highest BCUT2D eigenvalue weighted by Crippen LogP contribution is 2.26. The van der Waals surface area contributed by atoms with Gasteiger partial charge in [-0.25, -0.2) is 0 Å². The maximum absolute atomic E-state index is 10.7. The van der Waals surface area contributed by atoms with E-state index in [-0.39, 0.29) is 18.6 Å². The first-order chi connectivity index (χ1) is 7.34. The molecule has 0 heterocycles. The standard InChI is InChI=1S/C7H11N3O6/c1-4-6(9(13)14)2-5(8(11)12)3-7(4)10(15)16/h4,6-7H,2-3H2,1H3,(H,11,12). The second-order valence-electron chi connectivity index (χ2n) is 3.81. The van der Waals surface area contributed by atoms with Gasteiger partial charge in [-0.2, -0.15) is 0 Å². The minimum atomic E-state index is -1.21. The fourth-order valence-electron chi connectivity index (χ4n) is 1.88. The van der Waals surface area contributed by atoms with Gasteiger partial charge in [0.05, 0.1) is 5.92 Å². The van der Waals surface area contributed by atoms with Crippen LogP contribution < -0.4 is 0 Å². The molecule has 1 aliphatic rings. The largest absolute Gasteiger partial charge is 0.418 e. The van der Waals surface area contributed by atoms with E-state index in [4.69, 9.17) is 5.21 Å². The molecule has 9 nitrogen and oxygen atoms in total. The topological polar surface area (TPSA) is 133 Å². The molecular weight excluding hydrogens is 222 g/mol. The molecule has 1 saturated carbocycles. The summed E-state index contributed by atoms with van der Waals surface area (Å²) in [7, 11) is 0. The Balaban J connectivity index is 3.02. The summed E-state index contributed by atoms with van der Waals surface area (Å²) in [5.74, 6) is -0.770. The van der Waals surface area contributed by atoms with Crippen LogP contribution >= 0.6 is 0 Å². The molecule has 0 aromatic heterocycles. The zero-order valence-corrected chi connectivity index (χ0v) is 8.48. The van der Waals surface area contributed by atoms with E-state index in [1.54, 1.807) is 0 Å². The van der Waals surface area contributed by atoms with Gasteiger partial charge in [0.2, 0.25) is 17.8 Å². The molecule has 1 aliphatic carbocycles. The number of hydrogen-bond acceptors (Lipinski definition) is 6. The molecule has 1 fully saturated rings. The Hall–Kier alpha value is -1.93. The van der Waals surface area contributed by atoms with Crippen LogP contribution in [0.5, 0.6) is 0 Å². The van der Waals surface area contributed by atoms with Gasteiger partial charge in [-0.1, -0.05) is 0 Å². The van der Waals surface area contributed by atoms with Crippen molar-refractivity contribution in [2.45, 2.75) is 31.8 Å². The van der Waals surface area contributed by atoms with Gasteiger partial charge in [0.15, 0.2) is 0 Å². The van der Waals surface area contributed by atoms with Gasteiger partial charge < -0.3 is 5.21 Å². The highest BCUT2D eigenvalue weighted by Gasteiger charge is 2.49. The summed E-state index contributed by atoms with van der Waals surface area (Å²) in [6.45, 7) is 1.41. The summed E-state index contributed by atoms with van der Waals surface area (Å²) in [6.07, 6.45) is -0.503. The third kappa shape index (κ3) is 2.18. The molecule has 0 bridgehead atoms. The van der Waals surface area contributed by atoms with Gasteiger partial charge in [-0.05, 0) is 6.92 Å². The van der Waals surface area contributed by atoms with Gasteiger partial charge >= 0.3 is 0 Å². The second-order valence-corrected chi connectivity index (χ2v) is 3.81. The van der Waals surface area contributed by atoms with E-state index in [0.29, 0.717) is 0 Å². The third-order valence-corrected chi connectivity index (χ3v) is 2.92. The smallest absolute Gasteiger partial charge is 0.235 e. The maximum Gasteiger partial charge on any atom is 0.235 e. The molecule has 0 spiro atoms. The summed E-state index contributed by atoms with van der Waals surface area (Å²) in [5.41, 5.74) is -0.221. The Morgan fingerprint density at radius 1 is 1.12 bits per heavy atom. The van der Waals surface area contributed by atoms with Crippen LogP contribution in [0.3, 0.4) is 0 Å². The Morgan fingerprint density at radius 3 is 1.75 bits per heavy atom. The van der Waals surface area contributed by atoms with Gasteiger partial charge in [-0.3, -0.25) is 25.4 Å². The highest BCUT2D eigenvalue weighted by atomic mass is 16.8. The summed E-state index contributed by atoms with van der Waals surface area (Å²) >= 11 is 0. The molecule has 0 radical (unpaired) electrons. The van der Waals surface area contributed by atoms with Crippen molar-refractivity contribution >= 4 is 5.71 Å². The van der Waals surface area contributed by atoms with Gasteiger partial charge in [0.25, 0.3) is 0 Å². The monoisotopic (exact) mass is 233 g/mol. The van der Waals surface area contributed by atoms with Crippen molar-refractivity contribution in [3.63, 3.8) is 0 Å². The first kappa shape index (κ1) is 12.1. The first-order valence-electron chi connectivity index (χ1n) is 4.62. The van der Waals surface area contributed by atoms with Crippen molar-refractivity contribution in [1.82, 2.24) is 0 Å².